The Hall–Kier alpha value is -1.10. The number of unbranched alkanes of at least 4 members (excludes halogenated alkanes) is 5. The lowest BCUT2D eigenvalue weighted by Gasteiger charge is -2.16. The van der Waals surface area contributed by atoms with Crippen LogP contribution in [-0.2, 0) is 19.1 Å². The molecule has 0 unspecified atom stereocenters. The number of esters is 1. The first-order valence-corrected chi connectivity index (χ1v) is 7.01. The van der Waals surface area contributed by atoms with Crippen molar-refractivity contribution in [3.05, 3.63) is 0 Å². The highest BCUT2D eigenvalue weighted by molar-refractivity contribution is 5.84. The van der Waals surface area contributed by atoms with Gasteiger partial charge in [-0.1, -0.05) is 45.4 Å². The molecule has 0 bridgehead atoms. The molecular weight excluding hydrogens is 246 g/mol. The summed E-state index contributed by atoms with van der Waals surface area (Å²) in [5.74, 6) is -0.679. The highest BCUT2D eigenvalue weighted by Crippen LogP contribution is 2.09. The van der Waals surface area contributed by atoms with E-state index in [0.717, 1.165) is 12.8 Å². The zero-order valence-corrected chi connectivity index (χ0v) is 12.4. The Morgan fingerprint density at radius 3 is 2.26 bits per heavy atom. The molecule has 0 heterocycles. The van der Waals surface area contributed by atoms with Crippen molar-refractivity contribution >= 4 is 11.9 Å². The summed E-state index contributed by atoms with van der Waals surface area (Å²) in [5, 5.41) is 2.63. The Balaban J connectivity index is 3.93. The Kier molecular flexibility index (Phi) is 11.3. The summed E-state index contributed by atoms with van der Waals surface area (Å²) >= 11 is 0. The summed E-state index contributed by atoms with van der Waals surface area (Å²) in [6.07, 6.45) is 7.49. The zero-order valence-electron chi connectivity index (χ0n) is 12.4. The van der Waals surface area contributed by atoms with Crippen LogP contribution in [0.5, 0.6) is 0 Å². The Morgan fingerprint density at radius 2 is 1.68 bits per heavy atom. The third-order valence-corrected chi connectivity index (χ3v) is 2.94. The Bertz CT molecular complexity index is 256. The second-order valence-electron chi connectivity index (χ2n) is 4.63. The van der Waals surface area contributed by atoms with E-state index >= 15 is 0 Å². The van der Waals surface area contributed by atoms with Gasteiger partial charge in [-0.3, -0.25) is 4.79 Å². The molecular formula is C14H27NO4. The van der Waals surface area contributed by atoms with Gasteiger partial charge in [-0.25, -0.2) is 4.79 Å². The second-order valence-corrected chi connectivity index (χ2v) is 4.63. The molecule has 0 spiro atoms. The smallest absolute Gasteiger partial charge is 0.328 e. The fraction of sp³-hybridized carbons (Fsp3) is 0.857. The number of methoxy groups -OCH3 is 2. The van der Waals surface area contributed by atoms with Crippen LogP contribution in [0, 0.1) is 0 Å². The monoisotopic (exact) mass is 273 g/mol. The number of rotatable bonds is 11. The van der Waals surface area contributed by atoms with Crippen molar-refractivity contribution in [1.82, 2.24) is 5.32 Å². The van der Waals surface area contributed by atoms with Crippen molar-refractivity contribution in [2.24, 2.45) is 0 Å². The first-order chi connectivity index (χ1) is 9.15. The van der Waals surface area contributed by atoms with Gasteiger partial charge >= 0.3 is 5.97 Å². The fourth-order valence-electron chi connectivity index (χ4n) is 1.89. The van der Waals surface area contributed by atoms with E-state index in [2.05, 4.69) is 12.2 Å². The fourth-order valence-corrected chi connectivity index (χ4v) is 1.89. The summed E-state index contributed by atoms with van der Waals surface area (Å²) in [5.41, 5.74) is 0. The van der Waals surface area contributed by atoms with Crippen LogP contribution in [-0.4, -0.2) is 38.7 Å². The number of carbonyl (C=O) groups excluding carboxylic acids is 2. The first kappa shape index (κ1) is 17.9. The third-order valence-electron chi connectivity index (χ3n) is 2.94. The van der Waals surface area contributed by atoms with Gasteiger partial charge in [-0.2, -0.15) is 0 Å². The van der Waals surface area contributed by atoms with E-state index in [1.54, 1.807) is 0 Å². The van der Waals surface area contributed by atoms with Crippen LogP contribution in [0.3, 0.4) is 0 Å². The minimum absolute atomic E-state index is 0.0377. The molecule has 0 aliphatic rings. The predicted molar refractivity (Wildman–Crippen MR) is 73.8 cm³/mol. The van der Waals surface area contributed by atoms with Crippen LogP contribution in [0.4, 0.5) is 0 Å². The first-order valence-electron chi connectivity index (χ1n) is 7.01. The van der Waals surface area contributed by atoms with Crippen LogP contribution < -0.4 is 5.32 Å². The van der Waals surface area contributed by atoms with Crippen LogP contribution in [0.2, 0.25) is 0 Å². The molecule has 0 aliphatic heterocycles. The van der Waals surface area contributed by atoms with Gasteiger partial charge < -0.3 is 14.8 Å². The highest BCUT2D eigenvalue weighted by Gasteiger charge is 2.20. The van der Waals surface area contributed by atoms with Gasteiger partial charge in [-0.05, 0) is 6.42 Å². The van der Waals surface area contributed by atoms with Gasteiger partial charge in [0.2, 0.25) is 5.91 Å². The molecule has 1 N–H and O–H groups in total. The molecule has 1 amide bonds. The molecule has 0 aromatic rings. The van der Waals surface area contributed by atoms with Gasteiger partial charge in [0.05, 0.1) is 7.11 Å². The van der Waals surface area contributed by atoms with Crippen LogP contribution >= 0.6 is 0 Å². The molecule has 19 heavy (non-hydrogen) atoms. The Labute approximate surface area is 116 Å². The SMILES string of the molecule is CCCCCCCC[C@H](NC(=O)COC)C(=O)OC. The van der Waals surface area contributed by atoms with Crippen molar-refractivity contribution in [2.45, 2.75) is 57.9 Å². The molecule has 0 fully saturated rings. The molecule has 0 aliphatic carbocycles. The topological polar surface area (TPSA) is 64.6 Å². The molecule has 0 aromatic carbocycles. The Morgan fingerprint density at radius 1 is 1.05 bits per heavy atom. The molecule has 0 rings (SSSR count). The lowest BCUT2D eigenvalue weighted by molar-refractivity contribution is -0.145. The van der Waals surface area contributed by atoms with Gasteiger partial charge in [0.25, 0.3) is 0 Å². The molecule has 112 valence electrons. The maximum absolute atomic E-state index is 11.5. The van der Waals surface area contributed by atoms with Gasteiger partial charge in [0.1, 0.15) is 12.6 Å². The minimum atomic E-state index is -0.557. The molecule has 0 aromatic heterocycles. The van der Waals surface area contributed by atoms with Crippen molar-refractivity contribution < 1.29 is 19.1 Å². The number of nitrogens with one attached hydrogen (secondary N) is 1. The van der Waals surface area contributed by atoms with E-state index in [1.165, 1.54) is 39.9 Å². The van der Waals surface area contributed by atoms with Crippen LogP contribution in [0.25, 0.3) is 0 Å². The van der Waals surface area contributed by atoms with E-state index in [0.29, 0.717) is 6.42 Å². The van der Waals surface area contributed by atoms with E-state index in [4.69, 9.17) is 9.47 Å². The normalized spacial score (nSPS) is 11.9. The largest absolute Gasteiger partial charge is 0.467 e. The zero-order chi connectivity index (χ0) is 14.5. The number of carbonyl (C=O) groups is 2. The highest BCUT2D eigenvalue weighted by atomic mass is 16.5. The van der Waals surface area contributed by atoms with Crippen molar-refractivity contribution in [2.75, 3.05) is 20.8 Å². The third kappa shape index (κ3) is 9.47. The van der Waals surface area contributed by atoms with Gasteiger partial charge in [0.15, 0.2) is 0 Å². The average molecular weight is 273 g/mol. The van der Waals surface area contributed by atoms with Crippen molar-refractivity contribution in [1.29, 1.82) is 0 Å². The predicted octanol–water partition coefficient (Wildman–Crippen LogP) is 2.04. The standard InChI is InChI=1S/C14H27NO4/c1-4-5-6-7-8-9-10-12(14(17)19-3)15-13(16)11-18-2/h12H,4-11H2,1-3H3,(H,15,16)/t12-/m0/s1. The van der Waals surface area contributed by atoms with E-state index in [1.807, 2.05) is 0 Å². The summed E-state index contributed by atoms with van der Waals surface area (Å²) < 4.78 is 9.42. The maximum atomic E-state index is 11.5. The quantitative estimate of drug-likeness (QED) is 0.462. The van der Waals surface area contributed by atoms with Crippen LogP contribution in [0.15, 0.2) is 0 Å². The number of ether oxygens (including phenoxy) is 2. The van der Waals surface area contributed by atoms with Crippen molar-refractivity contribution in [3.63, 3.8) is 0 Å². The molecule has 0 radical (unpaired) electrons. The molecule has 5 nitrogen and oxygen atoms in total. The number of amides is 1. The van der Waals surface area contributed by atoms with E-state index in [9.17, 15) is 9.59 Å². The maximum Gasteiger partial charge on any atom is 0.328 e. The summed E-state index contributed by atoms with van der Waals surface area (Å²) in [6.45, 7) is 2.14. The van der Waals surface area contributed by atoms with Gasteiger partial charge in [-0.15, -0.1) is 0 Å². The second kappa shape index (κ2) is 12.0. The molecule has 1 atom stereocenters. The number of hydrogen-bond acceptors (Lipinski definition) is 4. The molecule has 5 heteroatoms. The lowest BCUT2D eigenvalue weighted by Crippen LogP contribution is -2.43. The van der Waals surface area contributed by atoms with Crippen LogP contribution in [0.1, 0.15) is 51.9 Å². The van der Waals surface area contributed by atoms with Crippen molar-refractivity contribution in [3.8, 4) is 0 Å². The molecule has 0 saturated heterocycles. The molecule has 0 saturated carbocycles. The summed E-state index contributed by atoms with van der Waals surface area (Å²) in [4.78, 5) is 22.9. The van der Waals surface area contributed by atoms with E-state index in [-0.39, 0.29) is 12.5 Å². The average Bonchev–Trinajstić information content (AvgIpc) is 2.40. The summed E-state index contributed by atoms with van der Waals surface area (Å²) in [6, 6.07) is -0.557. The number of hydrogen-bond donors (Lipinski definition) is 1. The van der Waals surface area contributed by atoms with Gasteiger partial charge in [0, 0.05) is 7.11 Å². The van der Waals surface area contributed by atoms with E-state index < -0.39 is 12.0 Å². The lowest BCUT2D eigenvalue weighted by atomic mass is 10.1. The summed E-state index contributed by atoms with van der Waals surface area (Å²) in [7, 11) is 2.78. The minimum Gasteiger partial charge on any atom is -0.467 e.